The highest BCUT2D eigenvalue weighted by Crippen LogP contribution is 2.68. The van der Waals surface area contributed by atoms with Crippen molar-refractivity contribution < 1.29 is 19.5 Å². The topological polar surface area (TPSA) is 120 Å². The maximum absolute atomic E-state index is 13.7. The van der Waals surface area contributed by atoms with E-state index in [1.165, 1.54) is 11.3 Å². The first kappa shape index (κ1) is 22.0. The number of carboxylic acid groups (broad SMARTS) is 1. The summed E-state index contributed by atoms with van der Waals surface area (Å²) in [5, 5.41) is 10.8. The Morgan fingerprint density at radius 1 is 1.24 bits per heavy atom. The van der Waals surface area contributed by atoms with Gasteiger partial charge in [-0.3, -0.25) is 24.3 Å². The first-order valence-electron chi connectivity index (χ1n) is 11.7. The molecule has 34 heavy (non-hydrogen) atoms. The minimum Gasteiger partial charge on any atom is -0.480 e. The molecule has 4 aliphatic rings. The zero-order chi connectivity index (χ0) is 23.9. The quantitative estimate of drug-likeness (QED) is 0.607. The van der Waals surface area contributed by atoms with E-state index in [0.717, 1.165) is 26.8 Å². The molecule has 2 amide bonds. The van der Waals surface area contributed by atoms with Gasteiger partial charge in [0.1, 0.15) is 6.04 Å². The second-order valence-corrected chi connectivity index (χ2v) is 12.5. The molecule has 1 saturated heterocycles. The molecule has 0 unspecified atom stereocenters. The van der Waals surface area contributed by atoms with Crippen LogP contribution < -0.4 is 4.87 Å². The summed E-state index contributed by atoms with van der Waals surface area (Å²) in [6.07, 6.45) is 4.57. The Hall–Kier alpha value is -2.46. The largest absolute Gasteiger partial charge is 0.480 e. The molecule has 2 aliphatic heterocycles. The van der Waals surface area contributed by atoms with Crippen molar-refractivity contribution in [3.63, 3.8) is 0 Å². The van der Waals surface area contributed by atoms with Gasteiger partial charge in [0.25, 0.3) is 0 Å². The van der Waals surface area contributed by atoms with E-state index < -0.39 is 23.8 Å². The Bertz CT molecular complexity index is 1240. The summed E-state index contributed by atoms with van der Waals surface area (Å²) in [6, 6.07) is 2.78. The molecule has 0 aromatic carbocycles. The van der Waals surface area contributed by atoms with Crippen LogP contribution in [0.1, 0.15) is 43.0 Å². The standard InChI is InChI=1S/C24H25N3O5S2/c1-9(2)6-13(23(30)31)27-21(28)16-11-7-12(17(16)22(27)29)18-15(11)14(10-4-3-5-25-8-10)19-20(33-18)26-24(32)34-19/h3-5,8-9,11-18H,6-7H2,1-2H3,(H,26,32)(H,30,31)/t11-,12+,13+,14-,15+,16+,17+,18-/m1/s1. The molecule has 2 N–H and O–H groups in total. The summed E-state index contributed by atoms with van der Waals surface area (Å²) in [5.74, 6) is -2.71. The molecule has 2 aromatic heterocycles. The monoisotopic (exact) mass is 499 g/mol. The molecule has 4 heterocycles. The molecule has 0 radical (unpaired) electrons. The van der Waals surface area contributed by atoms with Crippen LogP contribution in [0.4, 0.5) is 0 Å². The fourth-order valence-electron chi connectivity index (χ4n) is 7.04. The van der Waals surface area contributed by atoms with Crippen molar-refractivity contribution in [1.29, 1.82) is 0 Å². The third-order valence-corrected chi connectivity index (χ3v) is 10.7. The van der Waals surface area contributed by atoms with Crippen LogP contribution in [0, 0.1) is 35.5 Å². The Labute approximate surface area is 204 Å². The highest BCUT2D eigenvalue weighted by Gasteiger charge is 2.70. The molecule has 10 heteroatoms. The predicted octanol–water partition coefficient (Wildman–Crippen LogP) is 2.80. The predicted molar refractivity (Wildman–Crippen MR) is 125 cm³/mol. The number of aromatic nitrogens is 2. The molecule has 2 aliphatic carbocycles. The molecular weight excluding hydrogens is 474 g/mol. The second kappa shape index (κ2) is 7.78. The van der Waals surface area contributed by atoms with Crippen molar-refractivity contribution in [2.75, 3.05) is 0 Å². The lowest BCUT2D eigenvalue weighted by molar-refractivity contribution is -0.156. The summed E-state index contributed by atoms with van der Waals surface area (Å²) in [7, 11) is 0. The van der Waals surface area contributed by atoms with Gasteiger partial charge in [-0.25, -0.2) is 4.79 Å². The first-order valence-corrected chi connectivity index (χ1v) is 13.4. The van der Waals surface area contributed by atoms with E-state index in [0.29, 0.717) is 0 Å². The molecule has 2 aromatic rings. The number of aromatic amines is 1. The number of imide groups is 1. The van der Waals surface area contributed by atoms with Crippen molar-refractivity contribution in [1.82, 2.24) is 14.9 Å². The fourth-order valence-corrected chi connectivity index (χ4v) is 9.93. The van der Waals surface area contributed by atoms with E-state index in [9.17, 15) is 24.3 Å². The van der Waals surface area contributed by atoms with E-state index >= 15 is 0 Å². The summed E-state index contributed by atoms with van der Waals surface area (Å²) >= 11 is 2.84. The van der Waals surface area contributed by atoms with Gasteiger partial charge in [-0.2, -0.15) is 0 Å². The van der Waals surface area contributed by atoms with E-state index in [-0.39, 0.29) is 57.9 Å². The van der Waals surface area contributed by atoms with Crippen LogP contribution in [-0.4, -0.2) is 49.0 Å². The van der Waals surface area contributed by atoms with Crippen LogP contribution in [-0.2, 0) is 14.4 Å². The number of hydrogen-bond acceptors (Lipinski definition) is 7. The van der Waals surface area contributed by atoms with Gasteiger partial charge >= 0.3 is 10.8 Å². The number of pyridine rings is 1. The number of thioether (sulfide) groups is 1. The maximum Gasteiger partial charge on any atom is 0.326 e. The number of carboxylic acids is 1. The van der Waals surface area contributed by atoms with Crippen LogP contribution >= 0.6 is 23.1 Å². The normalized spacial score (nSPS) is 34.3. The van der Waals surface area contributed by atoms with Gasteiger partial charge in [0.05, 0.1) is 16.9 Å². The number of H-pyrrole nitrogens is 1. The third kappa shape index (κ3) is 3.00. The Balaban J connectivity index is 1.42. The number of carbonyl (C=O) groups is 3. The Morgan fingerprint density at radius 3 is 2.62 bits per heavy atom. The number of nitrogens with zero attached hydrogens (tertiary/aromatic N) is 2. The van der Waals surface area contributed by atoms with Crippen molar-refractivity contribution in [2.24, 2.45) is 35.5 Å². The van der Waals surface area contributed by atoms with Gasteiger partial charge in [-0.1, -0.05) is 31.3 Å². The van der Waals surface area contributed by atoms with Gasteiger partial charge in [0.15, 0.2) is 0 Å². The zero-order valence-corrected chi connectivity index (χ0v) is 20.3. The van der Waals surface area contributed by atoms with E-state index in [1.807, 2.05) is 32.2 Å². The number of likely N-dealkylation sites (tertiary alicyclic amines) is 1. The van der Waals surface area contributed by atoms with Gasteiger partial charge < -0.3 is 10.1 Å². The van der Waals surface area contributed by atoms with E-state index in [2.05, 4.69) is 9.97 Å². The average molecular weight is 500 g/mol. The van der Waals surface area contributed by atoms with Gasteiger partial charge in [-0.05, 0) is 48.1 Å². The molecule has 2 bridgehead atoms. The Kier molecular flexibility index (Phi) is 5.04. The zero-order valence-electron chi connectivity index (χ0n) is 18.7. The maximum atomic E-state index is 13.7. The number of rotatable bonds is 5. The fraction of sp³-hybridized carbons (Fsp3) is 0.542. The first-order chi connectivity index (χ1) is 16.3. The lowest BCUT2D eigenvalue weighted by atomic mass is 9.68. The summed E-state index contributed by atoms with van der Waals surface area (Å²) in [5.41, 5.74) is 1.01. The van der Waals surface area contributed by atoms with Crippen LogP contribution in [0.15, 0.2) is 34.3 Å². The molecule has 0 spiro atoms. The van der Waals surface area contributed by atoms with Gasteiger partial charge in [0.2, 0.25) is 11.8 Å². The van der Waals surface area contributed by atoms with Crippen molar-refractivity contribution in [3.8, 4) is 0 Å². The molecule has 178 valence electrons. The average Bonchev–Trinajstić information content (AvgIpc) is 3.51. The summed E-state index contributed by atoms with van der Waals surface area (Å²) in [6.45, 7) is 3.79. The highest BCUT2D eigenvalue weighted by atomic mass is 32.2. The van der Waals surface area contributed by atoms with Crippen LogP contribution in [0.3, 0.4) is 0 Å². The lowest BCUT2D eigenvalue weighted by Gasteiger charge is -2.42. The molecule has 3 fully saturated rings. The number of carbonyl (C=O) groups excluding carboxylic acids is 2. The molecule has 8 nitrogen and oxygen atoms in total. The number of thiazole rings is 1. The number of hydrogen-bond donors (Lipinski definition) is 2. The summed E-state index contributed by atoms with van der Waals surface area (Å²) in [4.78, 5) is 60.8. The number of fused-ring (bicyclic) bond motifs is 9. The number of aliphatic carboxylic acids is 1. The van der Waals surface area contributed by atoms with Gasteiger partial charge in [0, 0.05) is 28.4 Å². The third-order valence-electron chi connectivity index (χ3n) is 8.09. The molecule has 2 saturated carbocycles. The second-order valence-electron chi connectivity index (χ2n) is 10.3. The molecular formula is C24H25N3O5S2. The van der Waals surface area contributed by atoms with Crippen molar-refractivity contribution in [2.45, 2.75) is 48.9 Å². The number of nitrogens with one attached hydrogen (secondary N) is 1. The lowest BCUT2D eigenvalue weighted by Crippen LogP contribution is -2.47. The number of amides is 2. The van der Waals surface area contributed by atoms with Gasteiger partial charge in [-0.15, -0.1) is 11.8 Å². The summed E-state index contributed by atoms with van der Waals surface area (Å²) < 4.78 is 0. The minimum absolute atomic E-state index is 0.0179. The smallest absolute Gasteiger partial charge is 0.326 e. The minimum atomic E-state index is -1.12. The van der Waals surface area contributed by atoms with Crippen molar-refractivity contribution in [3.05, 3.63) is 44.6 Å². The van der Waals surface area contributed by atoms with E-state index in [1.54, 1.807) is 18.0 Å². The van der Waals surface area contributed by atoms with Crippen LogP contribution in [0.25, 0.3) is 0 Å². The highest BCUT2D eigenvalue weighted by molar-refractivity contribution is 8.00. The van der Waals surface area contributed by atoms with Crippen LogP contribution in [0.2, 0.25) is 0 Å². The SMILES string of the molecule is CC(C)C[C@@H](C(=O)O)N1C(=O)[C@H]2[C@@H]3C[C@@H]([C@@H]2C1=O)[C@H]1[C@@H](c2cccnc2)c2sc(=O)[nH]c2S[C@H]31. The van der Waals surface area contributed by atoms with Crippen LogP contribution in [0.5, 0.6) is 0 Å². The molecule has 8 atom stereocenters. The van der Waals surface area contributed by atoms with Crippen molar-refractivity contribution >= 4 is 40.9 Å². The Morgan fingerprint density at radius 2 is 1.97 bits per heavy atom. The van der Waals surface area contributed by atoms with E-state index in [4.69, 9.17) is 0 Å². The molecule has 6 rings (SSSR count).